The molecule has 3 aromatic rings. The molecule has 0 unspecified atom stereocenters. The lowest BCUT2D eigenvalue weighted by molar-refractivity contribution is 0.0741. The average Bonchev–Trinajstić information content (AvgIpc) is 3.07. The monoisotopic (exact) mass is 376 g/mol. The molecular formula is C19H18ClFN2OS. The Morgan fingerprint density at radius 3 is 2.52 bits per heavy atom. The van der Waals surface area contributed by atoms with Gasteiger partial charge < -0.3 is 10.2 Å². The smallest absolute Gasteiger partial charge is 0.264 e. The Balaban J connectivity index is 0.00000182. The summed E-state index contributed by atoms with van der Waals surface area (Å²) in [4.78, 5) is 15.4. The summed E-state index contributed by atoms with van der Waals surface area (Å²) in [6.07, 6.45) is 0. The minimum absolute atomic E-state index is 0. The molecule has 0 bridgehead atoms. The van der Waals surface area contributed by atoms with Crippen molar-refractivity contribution in [2.45, 2.75) is 0 Å². The molecule has 0 atom stereocenters. The van der Waals surface area contributed by atoms with E-state index >= 15 is 0 Å². The van der Waals surface area contributed by atoms with Crippen LogP contribution in [0.3, 0.4) is 0 Å². The molecule has 4 rings (SSSR count). The van der Waals surface area contributed by atoms with Gasteiger partial charge in [0.15, 0.2) is 0 Å². The van der Waals surface area contributed by atoms with Crippen LogP contribution in [-0.2, 0) is 0 Å². The van der Waals surface area contributed by atoms with Gasteiger partial charge in [-0.25, -0.2) is 4.39 Å². The van der Waals surface area contributed by atoms with Crippen molar-refractivity contribution in [3.63, 3.8) is 0 Å². The van der Waals surface area contributed by atoms with Gasteiger partial charge >= 0.3 is 0 Å². The predicted molar refractivity (Wildman–Crippen MR) is 103 cm³/mol. The molecule has 2 aromatic carbocycles. The summed E-state index contributed by atoms with van der Waals surface area (Å²) in [5.41, 5.74) is 1.99. The van der Waals surface area contributed by atoms with Gasteiger partial charge in [0.2, 0.25) is 0 Å². The van der Waals surface area contributed by atoms with Crippen molar-refractivity contribution in [3.8, 4) is 11.1 Å². The molecule has 1 amide bonds. The number of thiophene rings is 1. The molecule has 130 valence electrons. The van der Waals surface area contributed by atoms with E-state index in [1.54, 1.807) is 12.1 Å². The second kappa shape index (κ2) is 7.52. The van der Waals surface area contributed by atoms with Gasteiger partial charge in [-0.1, -0.05) is 24.3 Å². The van der Waals surface area contributed by atoms with Crippen molar-refractivity contribution >= 4 is 39.7 Å². The molecule has 25 heavy (non-hydrogen) atoms. The summed E-state index contributed by atoms with van der Waals surface area (Å²) < 4.78 is 14.3. The van der Waals surface area contributed by atoms with Crippen molar-refractivity contribution in [3.05, 3.63) is 59.2 Å². The minimum atomic E-state index is -0.245. The Morgan fingerprint density at radius 1 is 1.08 bits per heavy atom. The number of hydrogen-bond acceptors (Lipinski definition) is 3. The molecule has 0 aliphatic carbocycles. The summed E-state index contributed by atoms with van der Waals surface area (Å²) in [7, 11) is 0. The van der Waals surface area contributed by atoms with Crippen molar-refractivity contribution in [1.82, 2.24) is 10.2 Å². The number of hydrogen-bond donors (Lipinski definition) is 1. The molecular weight excluding hydrogens is 359 g/mol. The highest BCUT2D eigenvalue weighted by Crippen LogP contribution is 2.34. The molecule has 6 heteroatoms. The zero-order chi connectivity index (χ0) is 16.5. The van der Waals surface area contributed by atoms with Crippen LogP contribution in [0.5, 0.6) is 0 Å². The van der Waals surface area contributed by atoms with Crippen LogP contribution in [0.25, 0.3) is 21.2 Å². The van der Waals surface area contributed by atoms with Crippen molar-refractivity contribution in [2.24, 2.45) is 0 Å². The van der Waals surface area contributed by atoms with Crippen molar-refractivity contribution < 1.29 is 9.18 Å². The van der Waals surface area contributed by atoms with Crippen LogP contribution in [0.4, 0.5) is 4.39 Å². The Morgan fingerprint density at radius 2 is 1.80 bits per heavy atom. The number of carbonyl (C=O) groups is 1. The average molecular weight is 377 g/mol. The van der Waals surface area contributed by atoms with Gasteiger partial charge in [-0.15, -0.1) is 23.7 Å². The van der Waals surface area contributed by atoms with E-state index in [-0.39, 0.29) is 24.1 Å². The number of piperazine rings is 1. The third-order valence-electron chi connectivity index (χ3n) is 4.33. The fourth-order valence-corrected chi connectivity index (χ4v) is 4.13. The molecule has 0 radical (unpaired) electrons. The molecule has 2 heterocycles. The lowest BCUT2D eigenvalue weighted by atomic mass is 10.0. The van der Waals surface area contributed by atoms with Gasteiger partial charge in [0, 0.05) is 36.3 Å². The minimum Gasteiger partial charge on any atom is -0.335 e. The number of fused-ring (bicyclic) bond motifs is 1. The fraction of sp³-hybridized carbons (Fsp3) is 0.211. The quantitative estimate of drug-likeness (QED) is 0.727. The summed E-state index contributed by atoms with van der Waals surface area (Å²) >= 11 is 1.53. The number of benzene rings is 2. The summed E-state index contributed by atoms with van der Waals surface area (Å²) in [5, 5.41) is 4.31. The van der Waals surface area contributed by atoms with E-state index < -0.39 is 0 Å². The fourth-order valence-electron chi connectivity index (χ4n) is 3.07. The first-order chi connectivity index (χ1) is 11.7. The van der Waals surface area contributed by atoms with Crippen LogP contribution in [-0.4, -0.2) is 37.0 Å². The number of halogens is 2. The molecule has 0 saturated carbocycles. The van der Waals surface area contributed by atoms with Gasteiger partial charge in [0.1, 0.15) is 5.82 Å². The Labute approximate surface area is 155 Å². The highest BCUT2D eigenvalue weighted by atomic mass is 35.5. The van der Waals surface area contributed by atoms with Crippen LogP contribution in [0, 0.1) is 5.82 Å². The maximum atomic E-state index is 13.2. The molecule has 3 nitrogen and oxygen atoms in total. The van der Waals surface area contributed by atoms with E-state index in [9.17, 15) is 9.18 Å². The summed E-state index contributed by atoms with van der Waals surface area (Å²) in [6.45, 7) is 3.19. The second-order valence-corrected chi connectivity index (χ2v) is 6.96. The molecule has 1 N–H and O–H groups in total. The zero-order valence-electron chi connectivity index (χ0n) is 13.5. The van der Waals surface area contributed by atoms with Crippen LogP contribution < -0.4 is 5.32 Å². The number of nitrogens with zero attached hydrogens (tertiary/aromatic N) is 1. The third kappa shape index (κ3) is 3.54. The largest absolute Gasteiger partial charge is 0.335 e. The Hall–Kier alpha value is -1.95. The lowest BCUT2D eigenvalue weighted by Crippen LogP contribution is -2.46. The Bertz CT molecular complexity index is 888. The molecule has 1 aliphatic heterocycles. The van der Waals surface area contributed by atoms with Crippen LogP contribution >= 0.6 is 23.7 Å². The second-order valence-electron chi connectivity index (χ2n) is 5.88. The van der Waals surface area contributed by atoms with Crippen LogP contribution in [0.15, 0.2) is 48.5 Å². The van der Waals surface area contributed by atoms with Gasteiger partial charge in [0.25, 0.3) is 5.91 Å². The van der Waals surface area contributed by atoms with E-state index in [0.29, 0.717) is 0 Å². The number of rotatable bonds is 2. The van der Waals surface area contributed by atoms with E-state index in [2.05, 4.69) is 5.32 Å². The molecule has 1 saturated heterocycles. The van der Waals surface area contributed by atoms with Crippen molar-refractivity contribution in [1.29, 1.82) is 0 Å². The number of carbonyl (C=O) groups excluding carboxylic acids is 1. The summed E-state index contributed by atoms with van der Waals surface area (Å²) in [5.74, 6) is -0.145. The topological polar surface area (TPSA) is 32.3 Å². The first-order valence-corrected chi connectivity index (χ1v) is 8.82. The normalized spacial score (nSPS) is 14.4. The van der Waals surface area contributed by atoms with E-state index in [1.807, 2.05) is 29.2 Å². The molecule has 1 aliphatic rings. The maximum Gasteiger partial charge on any atom is 0.264 e. The lowest BCUT2D eigenvalue weighted by Gasteiger charge is -2.26. The first-order valence-electron chi connectivity index (χ1n) is 8.01. The standard InChI is InChI=1S/C19H17FN2OS.ClH/c20-14-6-4-13(5-7-14)15-2-1-3-17-16(15)12-18(24-17)19(23)22-10-8-21-9-11-22;/h1-7,12,21H,8-11H2;1H. The van der Waals surface area contributed by atoms with E-state index in [4.69, 9.17) is 0 Å². The third-order valence-corrected chi connectivity index (χ3v) is 5.42. The van der Waals surface area contributed by atoms with Gasteiger partial charge in [-0.05, 0) is 35.4 Å². The van der Waals surface area contributed by atoms with Crippen LogP contribution in [0.1, 0.15) is 9.67 Å². The number of nitrogens with one attached hydrogen (secondary N) is 1. The highest BCUT2D eigenvalue weighted by Gasteiger charge is 2.20. The van der Waals surface area contributed by atoms with E-state index in [1.165, 1.54) is 23.5 Å². The van der Waals surface area contributed by atoms with Gasteiger partial charge in [-0.2, -0.15) is 0 Å². The van der Waals surface area contributed by atoms with Gasteiger partial charge in [0.05, 0.1) is 4.88 Å². The van der Waals surface area contributed by atoms with Gasteiger partial charge in [-0.3, -0.25) is 4.79 Å². The highest BCUT2D eigenvalue weighted by molar-refractivity contribution is 7.20. The summed E-state index contributed by atoms with van der Waals surface area (Å²) in [6, 6.07) is 14.5. The predicted octanol–water partition coefficient (Wildman–Crippen LogP) is 4.17. The zero-order valence-corrected chi connectivity index (χ0v) is 15.1. The molecule has 1 fully saturated rings. The van der Waals surface area contributed by atoms with Crippen LogP contribution in [0.2, 0.25) is 0 Å². The number of amides is 1. The SMILES string of the molecule is Cl.O=C(c1cc2c(-c3ccc(F)cc3)cccc2s1)N1CCNCC1. The molecule has 1 aromatic heterocycles. The molecule has 0 spiro atoms. The van der Waals surface area contributed by atoms with Crippen molar-refractivity contribution in [2.75, 3.05) is 26.2 Å². The maximum absolute atomic E-state index is 13.2. The van der Waals surface area contributed by atoms with E-state index in [0.717, 1.165) is 52.3 Å². The first kappa shape index (κ1) is 17.9. The Kier molecular flexibility index (Phi) is 5.37.